The summed E-state index contributed by atoms with van der Waals surface area (Å²) in [5.41, 5.74) is 0.651. The first-order chi connectivity index (χ1) is 17.9. The van der Waals surface area contributed by atoms with Crippen molar-refractivity contribution in [3.8, 4) is 0 Å². The number of halogens is 2. The number of nitrogens with zero attached hydrogens (tertiary/aromatic N) is 2. The van der Waals surface area contributed by atoms with E-state index in [9.17, 15) is 14.7 Å². The fourth-order valence-corrected chi connectivity index (χ4v) is 6.59. The molecule has 0 spiro atoms. The highest BCUT2D eigenvalue weighted by Crippen LogP contribution is 2.52. The van der Waals surface area contributed by atoms with Gasteiger partial charge < -0.3 is 14.7 Å². The van der Waals surface area contributed by atoms with Gasteiger partial charge >= 0.3 is 5.97 Å². The minimum Gasteiger partial charge on any atom is -0.481 e. The molecule has 2 aliphatic rings. The summed E-state index contributed by atoms with van der Waals surface area (Å²) in [5.74, 6) is -1.23. The van der Waals surface area contributed by atoms with E-state index in [1.165, 1.54) is 0 Å². The lowest BCUT2D eigenvalue weighted by Gasteiger charge is -2.53. The van der Waals surface area contributed by atoms with Gasteiger partial charge in [-0.3, -0.25) is 14.5 Å². The van der Waals surface area contributed by atoms with Gasteiger partial charge in [0.15, 0.2) is 0 Å². The molecule has 1 unspecified atom stereocenters. The molecular weight excluding hydrogens is 523 g/mol. The standard InChI is InChI=1S/C30H38Cl2N2O4/c1-5-24(18-33-13-14-38-29(2,3)19-33)34-27(20-9-11-22(31)12-10-20)25(21-7-6-8-23(32)15-21)16-30(4,28(34)37)17-26(35)36/h6-12,15,24-25,27H,5,13-14,16-19H2,1-4H3,(H,35,36)/t24-,25?,27+,30+/m0/s1. The number of rotatable bonds is 8. The van der Waals surface area contributed by atoms with Crippen molar-refractivity contribution < 1.29 is 19.4 Å². The van der Waals surface area contributed by atoms with Crippen molar-refractivity contribution in [3.05, 3.63) is 69.7 Å². The number of piperidine rings is 1. The SMILES string of the molecule is CC[C@@H](CN1CCOC(C)(C)C1)N1C(=O)[C@@](C)(CC(=O)O)CC(c2cccc(Cl)c2)[C@H]1c1ccc(Cl)cc1. The molecule has 8 heteroatoms. The third-order valence-electron chi connectivity index (χ3n) is 7.97. The zero-order valence-corrected chi connectivity index (χ0v) is 24.1. The van der Waals surface area contributed by atoms with Crippen LogP contribution in [-0.4, -0.2) is 64.7 Å². The van der Waals surface area contributed by atoms with Gasteiger partial charge in [-0.2, -0.15) is 0 Å². The largest absolute Gasteiger partial charge is 0.481 e. The molecule has 4 atom stereocenters. The van der Waals surface area contributed by atoms with E-state index in [2.05, 4.69) is 25.7 Å². The monoisotopic (exact) mass is 560 g/mol. The third-order valence-corrected chi connectivity index (χ3v) is 8.46. The van der Waals surface area contributed by atoms with Gasteiger partial charge in [-0.1, -0.05) is 61.3 Å². The molecule has 0 aromatic heterocycles. The third kappa shape index (κ3) is 6.36. The van der Waals surface area contributed by atoms with E-state index in [0.717, 1.165) is 30.6 Å². The Balaban J connectivity index is 1.83. The van der Waals surface area contributed by atoms with Crippen LogP contribution in [0, 0.1) is 5.41 Å². The highest BCUT2D eigenvalue weighted by Gasteiger charge is 2.52. The average molecular weight is 562 g/mol. The Hall–Kier alpha value is -2.12. The lowest BCUT2D eigenvalue weighted by Crippen LogP contribution is -2.59. The molecule has 0 aliphatic carbocycles. The Morgan fingerprint density at radius 1 is 1.11 bits per heavy atom. The molecule has 6 nitrogen and oxygen atoms in total. The van der Waals surface area contributed by atoms with Crippen LogP contribution in [0.15, 0.2) is 48.5 Å². The number of carbonyl (C=O) groups excluding carboxylic acids is 1. The summed E-state index contributed by atoms with van der Waals surface area (Å²) in [6.45, 7) is 10.9. The maximum Gasteiger partial charge on any atom is 0.304 e. The molecule has 2 aromatic rings. The van der Waals surface area contributed by atoms with Crippen molar-refractivity contribution >= 4 is 35.1 Å². The molecule has 2 aromatic carbocycles. The summed E-state index contributed by atoms with van der Waals surface area (Å²) in [6.07, 6.45) is 0.913. The number of amides is 1. The maximum atomic E-state index is 14.4. The Bertz CT molecular complexity index is 1160. The normalized spacial score (nSPS) is 26.8. The van der Waals surface area contributed by atoms with Gasteiger partial charge in [-0.05, 0) is 62.1 Å². The van der Waals surface area contributed by atoms with Crippen LogP contribution in [0.5, 0.6) is 0 Å². The van der Waals surface area contributed by atoms with Crippen molar-refractivity contribution in [3.63, 3.8) is 0 Å². The lowest BCUT2D eigenvalue weighted by molar-refractivity contribution is -0.162. The van der Waals surface area contributed by atoms with Gasteiger partial charge in [-0.25, -0.2) is 0 Å². The van der Waals surface area contributed by atoms with Gasteiger partial charge in [0, 0.05) is 41.6 Å². The van der Waals surface area contributed by atoms with Gasteiger partial charge in [0.05, 0.1) is 30.1 Å². The molecule has 4 rings (SSSR count). The van der Waals surface area contributed by atoms with Crippen LogP contribution >= 0.6 is 23.2 Å². The van der Waals surface area contributed by atoms with Gasteiger partial charge in [0.2, 0.25) is 5.91 Å². The fourth-order valence-electron chi connectivity index (χ4n) is 6.26. The Morgan fingerprint density at radius 3 is 2.42 bits per heavy atom. The van der Waals surface area contributed by atoms with Crippen molar-refractivity contribution in [1.82, 2.24) is 9.80 Å². The molecule has 2 saturated heterocycles. The van der Waals surface area contributed by atoms with Crippen LogP contribution in [0.25, 0.3) is 0 Å². The predicted octanol–water partition coefficient (Wildman–Crippen LogP) is 6.42. The van der Waals surface area contributed by atoms with E-state index in [0.29, 0.717) is 29.6 Å². The smallest absolute Gasteiger partial charge is 0.304 e. The number of hydrogen-bond acceptors (Lipinski definition) is 4. The van der Waals surface area contributed by atoms with E-state index in [1.54, 1.807) is 6.92 Å². The highest BCUT2D eigenvalue weighted by molar-refractivity contribution is 6.30. The van der Waals surface area contributed by atoms with Crippen LogP contribution in [0.1, 0.15) is 70.0 Å². The minimum absolute atomic E-state index is 0.113. The Morgan fingerprint density at radius 2 is 1.82 bits per heavy atom. The molecule has 2 aliphatic heterocycles. The molecule has 1 amide bonds. The second kappa shape index (κ2) is 11.5. The van der Waals surface area contributed by atoms with Gasteiger partial charge in [0.25, 0.3) is 0 Å². The number of carbonyl (C=O) groups is 2. The number of aliphatic carboxylic acids is 1. The summed E-state index contributed by atoms with van der Waals surface area (Å²) in [6, 6.07) is 15.0. The average Bonchev–Trinajstić information content (AvgIpc) is 2.84. The summed E-state index contributed by atoms with van der Waals surface area (Å²) in [7, 11) is 0. The summed E-state index contributed by atoms with van der Waals surface area (Å²) in [4.78, 5) is 30.8. The zero-order chi connectivity index (χ0) is 27.7. The molecular formula is C30H38Cl2N2O4. The molecule has 0 radical (unpaired) electrons. The van der Waals surface area contributed by atoms with Crippen molar-refractivity contribution in [1.29, 1.82) is 0 Å². The number of ether oxygens (including phenoxy) is 1. The fraction of sp³-hybridized carbons (Fsp3) is 0.533. The molecule has 1 N–H and O–H groups in total. The summed E-state index contributed by atoms with van der Waals surface area (Å²) >= 11 is 12.7. The molecule has 2 fully saturated rings. The molecule has 2 heterocycles. The van der Waals surface area contributed by atoms with Crippen LogP contribution in [-0.2, 0) is 14.3 Å². The van der Waals surface area contributed by atoms with Crippen LogP contribution in [0.2, 0.25) is 10.0 Å². The van der Waals surface area contributed by atoms with E-state index in [-0.39, 0.29) is 35.9 Å². The second-order valence-electron chi connectivity index (χ2n) is 11.6. The maximum absolute atomic E-state index is 14.4. The summed E-state index contributed by atoms with van der Waals surface area (Å²) < 4.78 is 5.93. The number of hydrogen-bond donors (Lipinski definition) is 1. The molecule has 206 valence electrons. The van der Waals surface area contributed by atoms with Crippen molar-refractivity contribution in [2.75, 3.05) is 26.2 Å². The quantitative estimate of drug-likeness (QED) is 0.403. The van der Waals surface area contributed by atoms with Gasteiger partial charge in [0.1, 0.15) is 0 Å². The molecule has 38 heavy (non-hydrogen) atoms. The first-order valence-electron chi connectivity index (χ1n) is 13.3. The lowest BCUT2D eigenvalue weighted by atomic mass is 9.67. The number of carboxylic acid groups (broad SMARTS) is 1. The zero-order valence-electron chi connectivity index (χ0n) is 22.6. The first kappa shape index (κ1) is 28.9. The Kier molecular flexibility index (Phi) is 8.78. The summed E-state index contributed by atoms with van der Waals surface area (Å²) in [5, 5.41) is 11.1. The number of benzene rings is 2. The number of morpholine rings is 1. The second-order valence-corrected chi connectivity index (χ2v) is 12.5. The van der Waals surface area contributed by atoms with E-state index >= 15 is 0 Å². The van der Waals surface area contributed by atoms with Crippen LogP contribution in [0.3, 0.4) is 0 Å². The topological polar surface area (TPSA) is 70.1 Å². The predicted molar refractivity (Wildman–Crippen MR) is 151 cm³/mol. The Labute approximate surface area is 235 Å². The van der Waals surface area contributed by atoms with Crippen LogP contribution in [0.4, 0.5) is 0 Å². The van der Waals surface area contributed by atoms with Crippen LogP contribution < -0.4 is 0 Å². The molecule has 0 saturated carbocycles. The van der Waals surface area contributed by atoms with E-state index in [1.807, 2.05) is 53.4 Å². The van der Waals surface area contributed by atoms with Crippen molar-refractivity contribution in [2.24, 2.45) is 5.41 Å². The minimum atomic E-state index is -1.06. The number of carboxylic acids is 1. The van der Waals surface area contributed by atoms with Gasteiger partial charge in [-0.15, -0.1) is 0 Å². The molecule has 0 bridgehead atoms. The van der Waals surface area contributed by atoms with Crippen molar-refractivity contribution in [2.45, 2.75) is 70.6 Å². The number of likely N-dealkylation sites (tertiary alicyclic amines) is 1. The van der Waals surface area contributed by atoms with E-state index in [4.69, 9.17) is 27.9 Å². The van der Waals surface area contributed by atoms with E-state index < -0.39 is 11.4 Å². The first-order valence-corrected chi connectivity index (χ1v) is 14.1. The highest BCUT2D eigenvalue weighted by atomic mass is 35.5.